The molecule has 0 rings (SSSR count). The van der Waals surface area contributed by atoms with Gasteiger partial charge >= 0.3 is 0 Å². The molecule has 0 saturated heterocycles. The Labute approximate surface area is 62.5 Å². The van der Waals surface area contributed by atoms with E-state index in [0.717, 1.165) is 0 Å². The molecule has 0 saturated carbocycles. The number of hydrogen-bond acceptors (Lipinski definition) is 1. The molecule has 0 aliphatic carbocycles. The van der Waals surface area contributed by atoms with Crippen molar-refractivity contribution in [2.24, 2.45) is 9.98 Å². The van der Waals surface area contributed by atoms with E-state index in [0.29, 0.717) is 6.04 Å². The van der Waals surface area contributed by atoms with Gasteiger partial charge in [0.15, 0.2) is 0 Å². The number of rotatable bonds is 3. The van der Waals surface area contributed by atoms with Crippen molar-refractivity contribution in [3.05, 3.63) is 0 Å². The Morgan fingerprint density at radius 1 is 1.30 bits per heavy atom. The lowest BCUT2D eigenvalue weighted by Crippen LogP contribution is -2.07. The summed E-state index contributed by atoms with van der Waals surface area (Å²) in [5.41, 5.74) is 0. The molecule has 0 aromatic rings. The third kappa shape index (κ3) is 7.14. The maximum absolute atomic E-state index is 4.05. The van der Waals surface area contributed by atoms with Gasteiger partial charge < -0.3 is 4.90 Å². The Balaban J connectivity index is 3.52. The summed E-state index contributed by atoms with van der Waals surface area (Å²) in [7, 11) is 3.85. The van der Waals surface area contributed by atoms with Crippen LogP contribution in [0, 0.1) is 0 Å². The summed E-state index contributed by atoms with van der Waals surface area (Å²) < 4.78 is 0. The van der Waals surface area contributed by atoms with Crippen LogP contribution in [0.3, 0.4) is 0 Å². The summed E-state index contributed by atoms with van der Waals surface area (Å²) in [6.45, 7) is 4.03. The Kier molecular flexibility index (Phi) is 4.54. The molecule has 0 bridgehead atoms. The van der Waals surface area contributed by atoms with Crippen LogP contribution in [0.15, 0.2) is 9.98 Å². The summed E-state index contributed by atoms with van der Waals surface area (Å²) >= 11 is 0. The van der Waals surface area contributed by atoms with Crippen molar-refractivity contribution in [3.8, 4) is 0 Å². The summed E-state index contributed by atoms with van der Waals surface area (Å²) in [6.07, 6.45) is 3.29. The van der Waals surface area contributed by atoms with E-state index >= 15 is 0 Å². The lowest BCUT2D eigenvalue weighted by molar-refractivity contribution is 0.644. The standard InChI is InChI=1S/C7H15N3/c1-7(2)9-5-8-6-10(3)4/h5-7H,1-4H3/b8-6+,9-5-. The van der Waals surface area contributed by atoms with Crippen molar-refractivity contribution in [1.29, 1.82) is 0 Å². The molecule has 0 heterocycles. The van der Waals surface area contributed by atoms with Gasteiger partial charge in [0.1, 0.15) is 6.34 Å². The van der Waals surface area contributed by atoms with E-state index in [-0.39, 0.29) is 0 Å². The number of hydrogen-bond donors (Lipinski definition) is 0. The fourth-order valence-corrected chi connectivity index (χ4v) is 0.335. The Morgan fingerprint density at radius 2 is 1.90 bits per heavy atom. The minimum atomic E-state index is 0.333. The van der Waals surface area contributed by atoms with E-state index in [1.54, 1.807) is 12.7 Å². The maximum atomic E-state index is 4.05. The Bertz CT molecular complexity index is 109. The van der Waals surface area contributed by atoms with Crippen molar-refractivity contribution in [1.82, 2.24) is 4.90 Å². The summed E-state index contributed by atoms with van der Waals surface area (Å²) in [6, 6.07) is 0.333. The van der Waals surface area contributed by atoms with Gasteiger partial charge in [0.25, 0.3) is 0 Å². The molecule has 0 amide bonds. The SMILES string of the molecule is CC(C)/N=C\N=C\N(C)C. The first-order valence-corrected chi connectivity index (χ1v) is 3.34. The van der Waals surface area contributed by atoms with Gasteiger partial charge in [0.2, 0.25) is 0 Å². The van der Waals surface area contributed by atoms with Crippen LogP contribution >= 0.6 is 0 Å². The summed E-state index contributed by atoms with van der Waals surface area (Å²) in [4.78, 5) is 9.83. The summed E-state index contributed by atoms with van der Waals surface area (Å²) in [5, 5.41) is 0. The highest BCUT2D eigenvalue weighted by atomic mass is 15.1. The monoisotopic (exact) mass is 141 g/mol. The van der Waals surface area contributed by atoms with Gasteiger partial charge in [-0.15, -0.1) is 0 Å². The third-order valence-electron chi connectivity index (χ3n) is 0.729. The van der Waals surface area contributed by atoms with Gasteiger partial charge in [0.05, 0.1) is 6.34 Å². The fourth-order valence-electron chi connectivity index (χ4n) is 0.335. The molecule has 0 aromatic carbocycles. The highest BCUT2D eigenvalue weighted by Crippen LogP contribution is 1.81. The number of aliphatic imine (C=N–C) groups is 2. The van der Waals surface area contributed by atoms with Gasteiger partial charge in [-0.3, -0.25) is 4.99 Å². The third-order valence-corrected chi connectivity index (χ3v) is 0.729. The molecular weight excluding hydrogens is 126 g/mol. The Hall–Kier alpha value is -0.860. The van der Waals surface area contributed by atoms with Gasteiger partial charge in [-0.05, 0) is 13.8 Å². The van der Waals surface area contributed by atoms with Crippen LogP contribution in [0.25, 0.3) is 0 Å². The van der Waals surface area contributed by atoms with Crippen molar-refractivity contribution >= 4 is 12.7 Å². The maximum Gasteiger partial charge on any atom is 0.111 e. The van der Waals surface area contributed by atoms with Crippen molar-refractivity contribution in [2.45, 2.75) is 19.9 Å². The van der Waals surface area contributed by atoms with Crippen LogP contribution in [0.2, 0.25) is 0 Å². The minimum absolute atomic E-state index is 0.333. The van der Waals surface area contributed by atoms with Gasteiger partial charge in [-0.25, -0.2) is 4.99 Å². The van der Waals surface area contributed by atoms with E-state index in [1.165, 1.54) is 0 Å². The quantitative estimate of drug-likeness (QED) is 0.426. The van der Waals surface area contributed by atoms with Gasteiger partial charge in [0, 0.05) is 20.1 Å². The molecule has 0 aliphatic rings. The first-order chi connectivity index (χ1) is 4.63. The van der Waals surface area contributed by atoms with E-state index in [1.807, 2.05) is 32.8 Å². The smallest absolute Gasteiger partial charge is 0.111 e. The second-order valence-electron chi connectivity index (χ2n) is 2.59. The van der Waals surface area contributed by atoms with Crippen LogP contribution < -0.4 is 0 Å². The van der Waals surface area contributed by atoms with E-state index in [4.69, 9.17) is 0 Å². The van der Waals surface area contributed by atoms with E-state index < -0.39 is 0 Å². The predicted octanol–water partition coefficient (Wildman–Crippen LogP) is 1.01. The molecule has 0 aromatic heterocycles. The molecule has 0 atom stereocenters. The molecule has 0 unspecified atom stereocenters. The molecule has 0 N–H and O–H groups in total. The van der Waals surface area contributed by atoms with Crippen LogP contribution in [0.5, 0.6) is 0 Å². The average molecular weight is 141 g/mol. The van der Waals surface area contributed by atoms with Crippen molar-refractivity contribution in [3.63, 3.8) is 0 Å². The first kappa shape index (κ1) is 9.14. The zero-order chi connectivity index (χ0) is 7.98. The first-order valence-electron chi connectivity index (χ1n) is 3.34. The van der Waals surface area contributed by atoms with Crippen LogP contribution in [0.4, 0.5) is 0 Å². The molecule has 0 aliphatic heterocycles. The zero-order valence-corrected chi connectivity index (χ0v) is 7.07. The molecule has 0 radical (unpaired) electrons. The molecular formula is C7H15N3. The molecule has 3 nitrogen and oxygen atoms in total. The second-order valence-corrected chi connectivity index (χ2v) is 2.59. The minimum Gasteiger partial charge on any atom is -0.369 e. The molecule has 3 heteroatoms. The van der Waals surface area contributed by atoms with Crippen LogP contribution in [0.1, 0.15) is 13.8 Å². The molecule has 0 fully saturated rings. The molecule has 58 valence electrons. The predicted molar refractivity (Wildman–Crippen MR) is 45.8 cm³/mol. The van der Waals surface area contributed by atoms with Crippen molar-refractivity contribution < 1.29 is 0 Å². The van der Waals surface area contributed by atoms with Crippen LogP contribution in [-0.2, 0) is 0 Å². The summed E-state index contributed by atoms with van der Waals surface area (Å²) in [5.74, 6) is 0. The van der Waals surface area contributed by atoms with Gasteiger partial charge in [-0.2, -0.15) is 0 Å². The second kappa shape index (κ2) is 4.97. The van der Waals surface area contributed by atoms with Crippen LogP contribution in [-0.4, -0.2) is 37.7 Å². The topological polar surface area (TPSA) is 28.0 Å². The number of nitrogens with zero attached hydrogens (tertiary/aromatic N) is 3. The highest BCUT2D eigenvalue weighted by molar-refractivity contribution is 5.70. The molecule has 10 heavy (non-hydrogen) atoms. The Morgan fingerprint density at radius 3 is 2.30 bits per heavy atom. The van der Waals surface area contributed by atoms with Crippen molar-refractivity contribution in [2.75, 3.05) is 14.1 Å². The van der Waals surface area contributed by atoms with Gasteiger partial charge in [-0.1, -0.05) is 0 Å². The molecule has 0 spiro atoms. The lowest BCUT2D eigenvalue weighted by Gasteiger charge is -1.99. The zero-order valence-electron chi connectivity index (χ0n) is 7.07. The largest absolute Gasteiger partial charge is 0.369 e. The van der Waals surface area contributed by atoms with E-state index in [2.05, 4.69) is 9.98 Å². The average Bonchev–Trinajstić information content (AvgIpc) is 1.79. The fraction of sp³-hybridized carbons (Fsp3) is 0.714. The highest BCUT2D eigenvalue weighted by Gasteiger charge is 1.80. The van der Waals surface area contributed by atoms with E-state index in [9.17, 15) is 0 Å². The normalized spacial score (nSPS) is 12.1. The lowest BCUT2D eigenvalue weighted by atomic mass is 10.4.